The molecule has 1 unspecified atom stereocenters. The minimum absolute atomic E-state index is 0.0867. The third kappa shape index (κ3) is 3.77. The van der Waals surface area contributed by atoms with Gasteiger partial charge < -0.3 is 14.8 Å². The smallest absolute Gasteiger partial charge is 0.418 e. The zero-order valence-electron chi connectivity index (χ0n) is 10.7. The van der Waals surface area contributed by atoms with Crippen molar-refractivity contribution in [3.8, 4) is 5.75 Å². The molecule has 1 aromatic rings. The molecule has 0 aromatic heterocycles. The van der Waals surface area contributed by atoms with Gasteiger partial charge in [-0.3, -0.25) is 0 Å². The number of esters is 1. The van der Waals surface area contributed by atoms with Crippen molar-refractivity contribution < 1.29 is 27.4 Å². The number of carbonyl (C=O) groups is 1. The fraction of sp³-hybridized carbons (Fsp3) is 0.417. The van der Waals surface area contributed by atoms with E-state index in [9.17, 15) is 18.0 Å². The van der Waals surface area contributed by atoms with E-state index >= 15 is 0 Å². The van der Waals surface area contributed by atoms with E-state index in [-0.39, 0.29) is 11.4 Å². The van der Waals surface area contributed by atoms with Gasteiger partial charge in [0.05, 0.1) is 19.8 Å². The second-order valence-electron chi connectivity index (χ2n) is 3.80. The molecule has 19 heavy (non-hydrogen) atoms. The Bertz CT molecular complexity index is 460. The highest BCUT2D eigenvalue weighted by Gasteiger charge is 2.34. The first-order valence-corrected chi connectivity index (χ1v) is 5.39. The molecular weight excluding hydrogens is 263 g/mol. The first-order chi connectivity index (χ1) is 8.79. The topological polar surface area (TPSA) is 47.6 Å². The van der Waals surface area contributed by atoms with Crippen molar-refractivity contribution in [2.75, 3.05) is 19.5 Å². The van der Waals surface area contributed by atoms with E-state index in [4.69, 9.17) is 4.74 Å². The Morgan fingerprint density at radius 1 is 1.32 bits per heavy atom. The summed E-state index contributed by atoms with van der Waals surface area (Å²) in [5.74, 6) is -0.562. The second kappa shape index (κ2) is 5.81. The Morgan fingerprint density at radius 3 is 2.42 bits per heavy atom. The Morgan fingerprint density at radius 2 is 1.95 bits per heavy atom. The van der Waals surface area contributed by atoms with Crippen LogP contribution in [0.3, 0.4) is 0 Å². The molecule has 1 atom stereocenters. The lowest BCUT2D eigenvalue weighted by Gasteiger charge is -2.18. The summed E-state index contributed by atoms with van der Waals surface area (Å²) in [6.45, 7) is 1.41. The lowest BCUT2D eigenvalue weighted by atomic mass is 10.1. The van der Waals surface area contributed by atoms with Crippen molar-refractivity contribution in [2.45, 2.75) is 19.1 Å². The number of carbonyl (C=O) groups excluding carboxylic acids is 1. The summed E-state index contributed by atoms with van der Waals surface area (Å²) in [6.07, 6.45) is -4.55. The number of rotatable bonds is 4. The maximum atomic E-state index is 12.9. The number of nitrogens with one attached hydrogen (secondary N) is 1. The van der Waals surface area contributed by atoms with Gasteiger partial charge in [-0.25, -0.2) is 4.79 Å². The first kappa shape index (κ1) is 15.1. The molecule has 0 spiro atoms. The maximum Gasteiger partial charge on any atom is 0.418 e. The molecule has 0 aliphatic rings. The molecule has 0 aliphatic heterocycles. The molecule has 4 nitrogen and oxygen atoms in total. The molecule has 7 heteroatoms. The maximum absolute atomic E-state index is 12.9. The average Bonchev–Trinajstić information content (AvgIpc) is 2.36. The van der Waals surface area contributed by atoms with Crippen molar-refractivity contribution in [1.82, 2.24) is 0 Å². The standard InChI is InChI=1S/C12H14F3NO3/c1-7(11(17)19-3)16-10-5-4-8(18-2)6-9(10)12(13,14)15/h4-7,16H,1-3H3. The van der Waals surface area contributed by atoms with Crippen LogP contribution in [0.2, 0.25) is 0 Å². The van der Waals surface area contributed by atoms with Crippen molar-refractivity contribution in [1.29, 1.82) is 0 Å². The van der Waals surface area contributed by atoms with Crippen LogP contribution in [-0.4, -0.2) is 26.2 Å². The van der Waals surface area contributed by atoms with Crippen LogP contribution in [0.15, 0.2) is 18.2 Å². The van der Waals surface area contributed by atoms with Gasteiger partial charge in [0.15, 0.2) is 0 Å². The van der Waals surface area contributed by atoms with Gasteiger partial charge in [0, 0.05) is 5.69 Å². The number of methoxy groups -OCH3 is 2. The normalized spacial score (nSPS) is 12.7. The van der Waals surface area contributed by atoms with Crippen molar-refractivity contribution in [3.05, 3.63) is 23.8 Å². The second-order valence-corrected chi connectivity index (χ2v) is 3.80. The summed E-state index contributed by atoms with van der Waals surface area (Å²) >= 11 is 0. The van der Waals surface area contributed by atoms with E-state index in [2.05, 4.69) is 10.1 Å². The first-order valence-electron chi connectivity index (χ1n) is 5.39. The van der Waals surface area contributed by atoms with E-state index in [1.807, 2.05) is 0 Å². The number of hydrogen-bond donors (Lipinski definition) is 1. The molecule has 1 aromatic carbocycles. The minimum atomic E-state index is -4.55. The number of alkyl halides is 3. The van der Waals surface area contributed by atoms with E-state index in [0.29, 0.717) is 0 Å². The van der Waals surface area contributed by atoms with Gasteiger partial charge in [0.1, 0.15) is 11.8 Å². The van der Waals surface area contributed by atoms with Crippen LogP contribution >= 0.6 is 0 Å². The number of benzene rings is 1. The minimum Gasteiger partial charge on any atom is -0.497 e. The molecule has 0 aliphatic carbocycles. The van der Waals surface area contributed by atoms with Crippen molar-refractivity contribution in [3.63, 3.8) is 0 Å². The molecular formula is C12H14F3NO3. The summed E-state index contributed by atoms with van der Waals surface area (Å²) in [7, 11) is 2.44. The molecule has 0 heterocycles. The van der Waals surface area contributed by atoms with E-state index in [1.54, 1.807) is 0 Å². The van der Waals surface area contributed by atoms with Crippen LogP contribution in [0.25, 0.3) is 0 Å². The molecule has 0 saturated carbocycles. The Balaban J connectivity index is 3.10. The third-order valence-electron chi connectivity index (χ3n) is 2.46. The highest BCUT2D eigenvalue weighted by molar-refractivity contribution is 5.79. The predicted octanol–water partition coefficient (Wildman–Crippen LogP) is 2.69. The lowest BCUT2D eigenvalue weighted by molar-refractivity contribution is -0.141. The molecule has 0 fully saturated rings. The molecule has 1 N–H and O–H groups in total. The summed E-state index contributed by atoms with van der Waals surface area (Å²) in [4.78, 5) is 11.2. The number of halogens is 3. The Labute approximate surface area is 108 Å². The van der Waals surface area contributed by atoms with Crippen molar-refractivity contribution >= 4 is 11.7 Å². The number of anilines is 1. The predicted molar refractivity (Wildman–Crippen MR) is 63.1 cm³/mol. The third-order valence-corrected chi connectivity index (χ3v) is 2.46. The number of ether oxygens (including phenoxy) is 2. The van der Waals surface area contributed by atoms with Crippen LogP contribution < -0.4 is 10.1 Å². The van der Waals surface area contributed by atoms with Gasteiger partial charge in [-0.2, -0.15) is 13.2 Å². The molecule has 0 bridgehead atoms. The number of hydrogen-bond acceptors (Lipinski definition) is 4. The quantitative estimate of drug-likeness (QED) is 0.860. The summed E-state index contributed by atoms with van der Waals surface area (Å²) in [5, 5.41) is 2.47. The van der Waals surface area contributed by atoms with E-state index in [0.717, 1.165) is 6.07 Å². The largest absolute Gasteiger partial charge is 0.497 e. The highest BCUT2D eigenvalue weighted by atomic mass is 19.4. The van der Waals surface area contributed by atoms with Gasteiger partial charge in [0.25, 0.3) is 0 Å². The molecule has 1 rings (SSSR count). The van der Waals surface area contributed by atoms with Gasteiger partial charge >= 0.3 is 12.1 Å². The fourth-order valence-electron chi connectivity index (χ4n) is 1.48. The van der Waals surface area contributed by atoms with Crippen LogP contribution in [0.1, 0.15) is 12.5 Å². The van der Waals surface area contributed by atoms with Crippen LogP contribution in [0.4, 0.5) is 18.9 Å². The zero-order valence-corrected chi connectivity index (χ0v) is 10.7. The Hall–Kier alpha value is -1.92. The molecule has 0 radical (unpaired) electrons. The molecule has 0 saturated heterocycles. The summed E-state index contributed by atoms with van der Waals surface area (Å²) in [6, 6.07) is 2.56. The fourth-order valence-corrected chi connectivity index (χ4v) is 1.48. The van der Waals surface area contributed by atoms with E-state index in [1.165, 1.54) is 33.3 Å². The summed E-state index contributed by atoms with van der Waals surface area (Å²) < 4.78 is 47.9. The van der Waals surface area contributed by atoms with Crippen LogP contribution in [0.5, 0.6) is 5.75 Å². The summed E-state index contributed by atoms with van der Waals surface area (Å²) in [5.41, 5.74) is -1.10. The van der Waals surface area contributed by atoms with Gasteiger partial charge in [-0.1, -0.05) is 0 Å². The monoisotopic (exact) mass is 277 g/mol. The Kier molecular flexibility index (Phi) is 4.63. The average molecular weight is 277 g/mol. The molecule has 106 valence electrons. The van der Waals surface area contributed by atoms with Gasteiger partial charge in [-0.05, 0) is 25.1 Å². The zero-order chi connectivity index (χ0) is 14.6. The van der Waals surface area contributed by atoms with Crippen LogP contribution in [0, 0.1) is 0 Å². The van der Waals surface area contributed by atoms with Gasteiger partial charge in [-0.15, -0.1) is 0 Å². The lowest BCUT2D eigenvalue weighted by Crippen LogP contribution is -2.28. The van der Waals surface area contributed by atoms with E-state index < -0.39 is 23.8 Å². The van der Waals surface area contributed by atoms with Crippen LogP contribution in [-0.2, 0) is 15.7 Å². The molecule has 0 amide bonds. The SMILES string of the molecule is COC(=O)C(C)Nc1ccc(OC)cc1C(F)(F)F. The van der Waals surface area contributed by atoms with Crippen molar-refractivity contribution in [2.24, 2.45) is 0 Å². The highest BCUT2D eigenvalue weighted by Crippen LogP contribution is 2.37. The van der Waals surface area contributed by atoms with Gasteiger partial charge in [0.2, 0.25) is 0 Å².